The van der Waals surface area contributed by atoms with Gasteiger partial charge in [0, 0.05) is 0 Å². The zero-order chi connectivity index (χ0) is 14.6. The van der Waals surface area contributed by atoms with Crippen molar-refractivity contribution >= 4 is 5.97 Å². The first-order chi connectivity index (χ1) is 9.57. The summed E-state index contributed by atoms with van der Waals surface area (Å²) in [6.07, 6.45) is 0.467. The molecule has 0 aliphatic rings. The molecule has 1 unspecified atom stereocenters. The van der Waals surface area contributed by atoms with Crippen LogP contribution in [-0.2, 0) is 11.3 Å². The molecule has 0 aliphatic carbocycles. The maximum absolute atomic E-state index is 11.2. The number of carboxylic acids is 1. The maximum atomic E-state index is 11.2. The number of aliphatic carboxylic acids is 1. The Labute approximate surface area is 116 Å². The number of hydrogen-bond acceptors (Lipinski definition) is 5. The lowest BCUT2D eigenvalue weighted by molar-refractivity contribution is -0.144. The molecular weight excluding hydrogens is 258 g/mol. The Balaban J connectivity index is 2.16. The van der Waals surface area contributed by atoms with Crippen LogP contribution in [0.25, 0.3) is 5.69 Å². The SMILES string of the molecule is CCC(C)(NCc1nnnn1-c1ccccc1)C(=O)O. The van der Waals surface area contributed by atoms with E-state index in [2.05, 4.69) is 20.8 Å². The second-order valence-corrected chi connectivity index (χ2v) is 4.69. The van der Waals surface area contributed by atoms with Gasteiger partial charge in [-0.1, -0.05) is 25.1 Å². The fourth-order valence-electron chi connectivity index (χ4n) is 1.71. The zero-order valence-corrected chi connectivity index (χ0v) is 11.4. The smallest absolute Gasteiger partial charge is 0.323 e. The van der Waals surface area contributed by atoms with Gasteiger partial charge in [0.1, 0.15) is 5.54 Å². The highest BCUT2D eigenvalue weighted by atomic mass is 16.4. The van der Waals surface area contributed by atoms with Crippen LogP contribution in [0.5, 0.6) is 0 Å². The summed E-state index contributed by atoms with van der Waals surface area (Å²) in [6.45, 7) is 3.74. The zero-order valence-electron chi connectivity index (χ0n) is 11.4. The van der Waals surface area contributed by atoms with Gasteiger partial charge >= 0.3 is 5.97 Å². The number of tetrazole rings is 1. The average molecular weight is 275 g/mol. The number of carboxylic acid groups (broad SMARTS) is 1. The molecule has 1 aromatic carbocycles. The minimum Gasteiger partial charge on any atom is -0.480 e. The van der Waals surface area contributed by atoms with Crippen LogP contribution in [0.15, 0.2) is 30.3 Å². The number of benzene rings is 1. The number of nitrogens with one attached hydrogen (secondary N) is 1. The molecule has 0 fully saturated rings. The van der Waals surface area contributed by atoms with E-state index in [4.69, 9.17) is 0 Å². The summed E-state index contributed by atoms with van der Waals surface area (Å²) < 4.78 is 1.59. The molecule has 0 aliphatic heterocycles. The highest BCUT2D eigenvalue weighted by molar-refractivity contribution is 5.78. The Morgan fingerprint density at radius 1 is 1.40 bits per heavy atom. The Morgan fingerprint density at radius 3 is 2.70 bits per heavy atom. The number of aromatic nitrogens is 4. The highest BCUT2D eigenvalue weighted by Gasteiger charge is 2.30. The van der Waals surface area contributed by atoms with Gasteiger partial charge in [-0.3, -0.25) is 10.1 Å². The Kier molecular flexibility index (Phi) is 4.09. The number of rotatable bonds is 6. The fraction of sp³-hybridized carbons (Fsp3) is 0.385. The van der Waals surface area contributed by atoms with Gasteiger partial charge < -0.3 is 5.11 Å². The molecule has 0 bridgehead atoms. The first-order valence-corrected chi connectivity index (χ1v) is 6.38. The minimum atomic E-state index is -0.993. The van der Waals surface area contributed by atoms with Gasteiger partial charge in [-0.05, 0) is 35.9 Å². The first-order valence-electron chi connectivity index (χ1n) is 6.38. The highest BCUT2D eigenvalue weighted by Crippen LogP contribution is 2.12. The number of carbonyl (C=O) groups is 1. The topological polar surface area (TPSA) is 92.9 Å². The van der Waals surface area contributed by atoms with E-state index in [0.717, 1.165) is 5.69 Å². The predicted molar refractivity (Wildman–Crippen MR) is 72.3 cm³/mol. The van der Waals surface area contributed by atoms with Crippen molar-refractivity contribution in [3.05, 3.63) is 36.2 Å². The molecule has 0 amide bonds. The van der Waals surface area contributed by atoms with Crippen LogP contribution in [0.1, 0.15) is 26.1 Å². The maximum Gasteiger partial charge on any atom is 0.323 e. The molecule has 1 heterocycles. The molecule has 1 aromatic heterocycles. The Hall–Kier alpha value is -2.28. The Bertz CT molecular complexity index is 583. The third-order valence-electron chi connectivity index (χ3n) is 3.35. The summed E-state index contributed by atoms with van der Waals surface area (Å²) in [5.74, 6) is -0.323. The normalized spacial score (nSPS) is 13.9. The first kappa shape index (κ1) is 14.1. The third-order valence-corrected chi connectivity index (χ3v) is 3.35. The van der Waals surface area contributed by atoms with Gasteiger partial charge in [-0.25, -0.2) is 0 Å². The molecule has 0 saturated heterocycles. The van der Waals surface area contributed by atoms with Crippen molar-refractivity contribution < 1.29 is 9.90 Å². The molecule has 7 nitrogen and oxygen atoms in total. The summed E-state index contributed by atoms with van der Waals surface area (Å²) in [5.41, 5.74) is -0.157. The van der Waals surface area contributed by atoms with Crippen LogP contribution in [0, 0.1) is 0 Å². The van der Waals surface area contributed by atoms with E-state index in [1.807, 2.05) is 37.3 Å². The van der Waals surface area contributed by atoms with Gasteiger partial charge in [0.05, 0.1) is 12.2 Å². The van der Waals surface area contributed by atoms with Gasteiger partial charge in [0.25, 0.3) is 0 Å². The largest absolute Gasteiger partial charge is 0.480 e. The summed E-state index contributed by atoms with van der Waals surface area (Å²) in [4.78, 5) is 11.2. The molecule has 1 atom stereocenters. The average Bonchev–Trinajstić information content (AvgIpc) is 2.94. The van der Waals surface area contributed by atoms with Crippen molar-refractivity contribution in [3.8, 4) is 5.69 Å². The lowest BCUT2D eigenvalue weighted by atomic mass is 9.99. The van der Waals surface area contributed by atoms with E-state index in [-0.39, 0.29) is 6.54 Å². The van der Waals surface area contributed by atoms with E-state index in [9.17, 15) is 9.90 Å². The van der Waals surface area contributed by atoms with Crippen molar-refractivity contribution in [2.45, 2.75) is 32.4 Å². The van der Waals surface area contributed by atoms with Gasteiger partial charge in [-0.15, -0.1) is 5.10 Å². The molecule has 0 radical (unpaired) electrons. The van der Waals surface area contributed by atoms with Crippen LogP contribution < -0.4 is 5.32 Å². The molecule has 106 valence electrons. The molecule has 20 heavy (non-hydrogen) atoms. The van der Waals surface area contributed by atoms with Crippen LogP contribution in [-0.4, -0.2) is 36.8 Å². The number of hydrogen-bond donors (Lipinski definition) is 2. The van der Waals surface area contributed by atoms with Gasteiger partial charge in [0.2, 0.25) is 0 Å². The van der Waals surface area contributed by atoms with Crippen LogP contribution in [0.3, 0.4) is 0 Å². The van der Waals surface area contributed by atoms with E-state index < -0.39 is 11.5 Å². The summed E-state index contributed by atoms with van der Waals surface area (Å²) >= 11 is 0. The molecule has 0 spiro atoms. The van der Waals surface area contributed by atoms with Crippen molar-refractivity contribution in [3.63, 3.8) is 0 Å². The molecule has 2 aromatic rings. The molecular formula is C13H17N5O2. The fourth-order valence-corrected chi connectivity index (χ4v) is 1.71. The summed E-state index contributed by atoms with van der Waals surface area (Å²) in [6, 6.07) is 9.46. The van der Waals surface area contributed by atoms with Crippen LogP contribution in [0.4, 0.5) is 0 Å². The van der Waals surface area contributed by atoms with Crippen molar-refractivity contribution in [1.29, 1.82) is 0 Å². The van der Waals surface area contributed by atoms with E-state index in [0.29, 0.717) is 12.2 Å². The van der Waals surface area contributed by atoms with Crippen LogP contribution >= 0.6 is 0 Å². The second-order valence-electron chi connectivity index (χ2n) is 4.69. The van der Waals surface area contributed by atoms with Crippen molar-refractivity contribution in [2.75, 3.05) is 0 Å². The number of nitrogens with zero attached hydrogens (tertiary/aromatic N) is 4. The molecule has 2 rings (SSSR count). The quantitative estimate of drug-likeness (QED) is 0.817. The second kappa shape index (κ2) is 5.79. The summed E-state index contributed by atoms with van der Waals surface area (Å²) in [7, 11) is 0. The lowest BCUT2D eigenvalue weighted by Crippen LogP contribution is -2.48. The van der Waals surface area contributed by atoms with Gasteiger partial charge in [0.15, 0.2) is 5.82 Å². The van der Waals surface area contributed by atoms with Gasteiger partial charge in [-0.2, -0.15) is 4.68 Å². The van der Waals surface area contributed by atoms with E-state index in [1.165, 1.54) is 0 Å². The van der Waals surface area contributed by atoms with Crippen molar-refractivity contribution in [2.24, 2.45) is 0 Å². The van der Waals surface area contributed by atoms with Crippen LogP contribution in [0.2, 0.25) is 0 Å². The standard InChI is InChI=1S/C13H17N5O2/c1-3-13(2,12(19)20)14-9-11-15-16-17-18(11)10-7-5-4-6-8-10/h4-8,14H,3,9H2,1-2H3,(H,19,20). The molecule has 2 N–H and O–H groups in total. The monoisotopic (exact) mass is 275 g/mol. The summed E-state index contributed by atoms with van der Waals surface area (Å²) in [5, 5.41) is 23.7. The molecule has 0 saturated carbocycles. The minimum absolute atomic E-state index is 0.276. The predicted octanol–water partition coefficient (Wildman–Crippen LogP) is 1.01. The number of para-hydroxylation sites is 1. The van der Waals surface area contributed by atoms with E-state index in [1.54, 1.807) is 11.6 Å². The van der Waals surface area contributed by atoms with Crippen molar-refractivity contribution in [1.82, 2.24) is 25.5 Å². The lowest BCUT2D eigenvalue weighted by Gasteiger charge is -2.24. The Morgan fingerprint density at radius 2 is 2.10 bits per heavy atom. The molecule has 7 heteroatoms. The third kappa shape index (κ3) is 2.83. The van der Waals surface area contributed by atoms with E-state index >= 15 is 0 Å².